The summed E-state index contributed by atoms with van der Waals surface area (Å²) in [5, 5.41) is 10.2. The lowest BCUT2D eigenvalue weighted by molar-refractivity contribution is -0.172. The average molecular weight is 709 g/mol. The van der Waals surface area contributed by atoms with Crippen molar-refractivity contribution in [1.29, 1.82) is 0 Å². The van der Waals surface area contributed by atoms with E-state index in [1.165, 1.54) is 4.90 Å². The monoisotopic (exact) mass is 708 g/mol. The molecule has 280 valence electrons. The van der Waals surface area contributed by atoms with Gasteiger partial charge >= 0.3 is 0 Å². The summed E-state index contributed by atoms with van der Waals surface area (Å²) in [5.41, 5.74) is 4.35. The third-order valence-corrected chi connectivity index (χ3v) is 11.2. The number of benzene rings is 1. The van der Waals surface area contributed by atoms with Crippen LogP contribution in [0, 0.1) is 5.92 Å². The van der Waals surface area contributed by atoms with E-state index in [2.05, 4.69) is 16.0 Å². The van der Waals surface area contributed by atoms with Gasteiger partial charge in [0, 0.05) is 13.0 Å². The van der Waals surface area contributed by atoms with E-state index in [0.717, 1.165) is 22.2 Å². The minimum atomic E-state index is -2.40. The summed E-state index contributed by atoms with van der Waals surface area (Å²) in [5.74, 6) is -4.63. The van der Waals surface area contributed by atoms with Crippen molar-refractivity contribution >= 4 is 35.3 Å². The Bertz CT molecular complexity index is 1460. The Morgan fingerprint density at radius 2 is 1.65 bits per heavy atom. The first-order valence-electron chi connectivity index (χ1n) is 19.6. The zero-order valence-electron chi connectivity index (χ0n) is 31.2. The molecule has 0 bridgehead atoms. The fourth-order valence-corrected chi connectivity index (χ4v) is 8.08. The Labute approximate surface area is 303 Å². The second-order valence-corrected chi connectivity index (χ2v) is 14.7. The van der Waals surface area contributed by atoms with Gasteiger partial charge in [-0.15, -0.1) is 0 Å². The highest BCUT2D eigenvalue weighted by atomic mass is 16.2. The maximum atomic E-state index is 15.8. The maximum absolute atomic E-state index is 15.8. The molecule has 4 aliphatic rings. The lowest BCUT2D eigenvalue weighted by Crippen LogP contribution is -2.74. The van der Waals surface area contributed by atoms with Crippen molar-refractivity contribution in [3.63, 3.8) is 0 Å². The molecule has 0 spiro atoms. The van der Waals surface area contributed by atoms with Gasteiger partial charge in [-0.25, -0.2) is 0 Å². The third-order valence-electron chi connectivity index (χ3n) is 11.2. The van der Waals surface area contributed by atoms with Gasteiger partial charge in [-0.3, -0.25) is 33.7 Å². The highest BCUT2D eigenvalue weighted by Crippen LogP contribution is 2.36. The summed E-state index contributed by atoms with van der Waals surface area (Å²) in [6.45, 7) is 4.86. The predicted molar refractivity (Wildman–Crippen MR) is 192 cm³/mol. The largest absolute Gasteiger partial charge is 0.344 e. The molecule has 0 aromatic heterocycles. The SMILES string of the molecule is [2H]N1CCCC[C@H]1C(=O)N(C(=O)[C@H]1CCCCN1)[C@]1(CCCCN)C(=O)[C@H]([C@@H](C)CC)NC(=O)[C@@H](Cc2ccccc2)NC(=O)[C@@H]2CCCN2C1=O. The molecular weight excluding hydrogens is 650 g/mol. The van der Waals surface area contributed by atoms with Crippen LogP contribution in [0.4, 0.5) is 0 Å². The van der Waals surface area contributed by atoms with Gasteiger partial charge in [-0.05, 0) is 88.9 Å². The Morgan fingerprint density at radius 3 is 2.33 bits per heavy atom. The number of hydrogen-bond acceptors (Lipinski definition) is 9. The minimum absolute atomic E-state index is 0.132. The molecular formula is C38H57N7O6. The lowest BCUT2D eigenvalue weighted by Gasteiger charge is -2.47. The lowest BCUT2D eigenvalue weighted by atomic mass is 9.76. The highest BCUT2D eigenvalue weighted by Gasteiger charge is 2.61. The number of ketones is 1. The van der Waals surface area contributed by atoms with Gasteiger partial charge in [0.2, 0.25) is 23.6 Å². The first-order valence-corrected chi connectivity index (χ1v) is 19.1. The molecule has 0 saturated carbocycles. The molecule has 0 unspecified atom stereocenters. The van der Waals surface area contributed by atoms with E-state index in [1.54, 1.807) is 6.92 Å². The molecule has 5 amide bonds. The van der Waals surface area contributed by atoms with Gasteiger partial charge in [-0.1, -0.05) is 63.4 Å². The van der Waals surface area contributed by atoms with E-state index in [0.29, 0.717) is 58.0 Å². The van der Waals surface area contributed by atoms with Crippen LogP contribution < -0.4 is 27.0 Å². The molecule has 4 fully saturated rings. The second-order valence-electron chi connectivity index (χ2n) is 14.7. The first kappa shape index (κ1) is 37.1. The summed E-state index contributed by atoms with van der Waals surface area (Å²) in [6.07, 6.45) is 5.29. The van der Waals surface area contributed by atoms with Crippen LogP contribution in [0.2, 0.25) is 1.41 Å². The third kappa shape index (κ3) is 8.36. The molecule has 0 radical (unpaired) electrons. The van der Waals surface area contributed by atoms with E-state index in [4.69, 9.17) is 7.15 Å². The van der Waals surface area contributed by atoms with Crippen molar-refractivity contribution in [3.8, 4) is 0 Å². The number of nitrogens with one attached hydrogen (secondary N) is 4. The summed E-state index contributed by atoms with van der Waals surface area (Å²) in [4.78, 5) is 92.1. The zero-order chi connectivity index (χ0) is 37.4. The van der Waals surface area contributed by atoms with Crippen LogP contribution >= 0.6 is 0 Å². The second kappa shape index (κ2) is 17.7. The van der Waals surface area contributed by atoms with E-state index < -0.39 is 77.0 Å². The van der Waals surface area contributed by atoms with E-state index in [-0.39, 0.29) is 45.2 Å². The van der Waals surface area contributed by atoms with Crippen LogP contribution in [0.25, 0.3) is 0 Å². The molecule has 13 heteroatoms. The van der Waals surface area contributed by atoms with Crippen molar-refractivity contribution in [2.75, 3.05) is 26.2 Å². The standard InChI is InChI=1S/C38H57N7O6/c1-3-25(2)31-32(46)38(19-9-10-20-39,45(35(49)27-16-7-11-21-40-27)36(50)28-17-8-12-22-41-28)37(51)44-23-13-18-30(44)34(48)42-29(33(47)43-31)24-26-14-5-4-6-15-26/h4-6,14-15,25,27-31,40-41H,3,7-13,16-24,39H2,1-2H3,(H,42,48)(H,43,47)/t25-,27-,28+,29+,30-,31-,38+/m0/s1/i/hD. The number of Topliss-reactive ketones (excluding diaryl/α,β-unsaturated/α-hetero) is 1. The van der Waals surface area contributed by atoms with Crippen LogP contribution in [0.15, 0.2) is 30.3 Å². The molecule has 51 heavy (non-hydrogen) atoms. The smallest absolute Gasteiger partial charge is 0.257 e. The number of rotatable bonds is 11. The average Bonchev–Trinajstić information content (AvgIpc) is 3.66. The molecule has 4 aliphatic heterocycles. The quantitative estimate of drug-likeness (QED) is 0.129. The van der Waals surface area contributed by atoms with Crippen molar-refractivity contribution in [3.05, 3.63) is 35.9 Å². The number of carbonyl (C=O) groups excluding carboxylic acids is 6. The summed E-state index contributed by atoms with van der Waals surface area (Å²) in [6, 6.07) is 3.98. The molecule has 7 atom stereocenters. The van der Waals surface area contributed by atoms with Gasteiger partial charge in [0.1, 0.15) is 13.5 Å². The van der Waals surface area contributed by atoms with Gasteiger partial charge in [0.25, 0.3) is 5.91 Å². The Morgan fingerprint density at radius 1 is 0.941 bits per heavy atom. The van der Waals surface area contributed by atoms with Crippen molar-refractivity contribution in [2.45, 2.75) is 133 Å². The topological polar surface area (TPSA) is 183 Å². The Hall–Kier alpha value is -3.68. The molecule has 4 heterocycles. The number of nitrogens with two attached hydrogens (primary N) is 1. The molecule has 6 N–H and O–H groups in total. The van der Waals surface area contributed by atoms with E-state index in [1.807, 2.05) is 37.3 Å². The zero-order valence-corrected chi connectivity index (χ0v) is 30.2. The number of hydrogen-bond donors (Lipinski definition) is 5. The van der Waals surface area contributed by atoms with Gasteiger partial charge in [-0.2, -0.15) is 0 Å². The molecule has 5 rings (SSSR count). The molecule has 1 aromatic carbocycles. The normalized spacial score (nSPS) is 30.4. The maximum Gasteiger partial charge on any atom is 0.257 e. The van der Waals surface area contributed by atoms with Crippen LogP contribution in [0.5, 0.6) is 0 Å². The molecule has 13 nitrogen and oxygen atoms in total. The van der Waals surface area contributed by atoms with Crippen molar-refractivity contribution in [2.24, 2.45) is 11.7 Å². The fraction of sp³-hybridized carbons (Fsp3) is 0.684. The summed E-state index contributed by atoms with van der Waals surface area (Å²) in [7, 11) is 0. The number of nitrogens with zero attached hydrogens (tertiary/aromatic N) is 2. The van der Waals surface area contributed by atoms with Crippen LogP contribution in [-0.4, -0.2) is 107 Å². The number of imide groups is 1. The summed E-state index contributed by atoms with van der Waals surface area (Å²) < 4.78 is 8.73. The van der Waals surface area contributed by atoms with E-state index >= 15 is 19.2 Å². The Kier molecular flexibility index (Phi) is 12.9. The molecule has 0 aliphatic carbocycles. The van der Waals surface area contributed by atoms with Crippen LogP contribution in [-0.2, 0) is 35.2 Å². The number of amides is 5. The minimum Gasteiger partial charge on any atom is -0.344 e. The van der Waals surface area contributed by atoms with Crippen LogP contribution in [0.1, 0.15) is 96.5 Å². The van der Waals surface area contributed by atoms with Gasteiger partial charge < -0.3 is 31.9 Å². The van der Waals surface area contributed by atoms with Gasteiger partial charge in [0.15, 0.2) is 11.3 Å². The number of piperidine rings is 2. The molecule has 4 saturated heterocycles. The fourth-order valence-electron chi connectivity index (χ4n) is 8.08. The highest BCUT2D eigenvalue weighted by molar-refractivity contribution is 6.20. The number of unbranched alkanes of at least 4 members (excludes halogenated alkanes) is 1. The number of carbonyl (C=O) groups is 6. The van der Waals surface area contributed by atoms with Crippen molar-refractivity contribution < 1.29 is 30.2 Å². The number of fused-ring (bicyclic) bond motifs is 1. The van der Waals surface area contributed by atoms with Crippen LogP contribution in [0.3, 0.4) is 0 Å². The Balaban J connectivity index is 1.73. The molecule has 1 aromatic rings. The first-order chi connectivity index (χ1) is 25.0. The van der Waals surface area contributed by atoms with Crippen molar-refractivity contribution in [1.82, 2.24) is 31.1 Å². The summed E-state index contributed by atoms with van der Waals surface area (Å²) >= 11 is 0. The van der Waals surface area contributed by atoms with Gasteiger partial charge in [0.05, 0.1) is 18.1 Å². The van der Waals surface area contributed by atoms with E-state index in [9.17, 15) is 9.59 Å². The predicted octanol–water partition coefficient (Wildman–Crippen LogP) is 1.33.